The van der Waals surface area contributed by atoms with Crippen molar-refractivity contribution in [3.05, 3.63) is 95.8 Å². The van der Waals surface area contributed by atoms with Crippen molar-refractivity contribution in [3.8, 4) is 0 Å². The molecule has 0 unspecified atom stereocenters. The number of nitrogens with two attached hydrogens (primary N) is 1. The van der Waals surface area contributed by atoms with Gasteiger partial charge in [0.15, 0.2) is 6.61 Å². The molecule has 2 aromatic heterocycles. The minimum Gasteiger partial charge on any atom is -0.444 e. The Kier molecular flexibility index (Phi) is 44.7. The summed E-state index contributed by atoms with van der Waals surface area (Å²) >= 11 is 0. The number of primary sulfonamides is 1. The molecule has 0 radical (unpaired) electrons. The van der Waals surface area contributed by atoms with E-state index in [1.54, 1.807) is 163 Å². The average Bonchev–Trinajstić information content (AvgIpc) is 1.78. The summed E-state index contributed by atoms with van der Waals surface area (Å²) in [6.45, 7) is 27.9. The standard InChI is InChI=1S/C96H145N23O27S/c1-52(2)47-68-81(129)109-63(35-42-101-87(134)143-93(10,11)12)76(124)108-66(38-45-104-90(137)146-96(19,20)21)80(128)114-73(55(5)120)83(131)98-40-33-62(75(123)107-64(36-43-102-88(135)144-94(13,14)15)78(126)112-69(82(130)111-68)48-57-27-25-24-26-28-57)106-77(125)65(37-44-103-89(136)145-95(16,17)18)110-84(132)74(56(6)121)115-79(127)61(34-41-100-86(133)142-92(7,8)9)105-72(122)51-141-91(138)119(59-30-29-53(3)70(50-59)147(97,139)140)85-99-46-39-71(113-85)117(22)58-31-32-60-54(4)118(23)116-67(60)49-58/h24-32,39,46,49-50,52,55-56,61-66,68-69,73-74,120-121H,33-38,40-45,47-48,51H2,1-23H3,(H,98,131)(H,100,133)(H,101,134)(H,102,135)(H,103,136)(H,104,137)(H,105,122)(H,106,125)(H,107,123)(H,108,124)(H,109,129)(H,110,132)(H,111,130)(H,112,126)(H,114,128)(H,115,127)(H2,97,139,140)/t55-,56-,61+,62+,63+,64+,65+,66+,68+,69-,73+,74+/m1/s1. The largest absolute Gasteiger partial charge is 0.444 e. The molecule has 5 aromatic rings. The molecular formula is C96H145N23O27S. The molecule has 812 valence electrons. The van der Waals surface area contributed by atoms with Crippen LogP contribution in [0.4, 0.5) is 51.9 Å². The lowest BCUT2D eigenvalue weighted by Crippen LogP contribution is -2.62. The number of nitrogens with zero attached hydrogens (tertiary/aromatic N) is 6. The van der Waals surface area contributed by atoms with Gasteiger partial charge in [0.1, 0.15) is 94.2 Å². The number of aliphatic hydroxyl groups is 2. The number of aromatic nitrogens is 4. The molecule has 6 rings (SSSR count). The number of hydrogen-bond acceptors (Lipinski definition) is 31. The zero-order valence-electron chi connectivity index (χ0n) is 87.4. The van der Waals surface area contributed by atoms with Crippen molar-refractivity contribution in [2.75, 3.05) is 62.7 Å². The van der Waals surface area contributed by atoms with Gasteiger partial charge in [-0.1, -0.05) is 50.2 Å². The first-order valence-corrected chi connectivity index (χ1v) is 49.4. The number of hydrogen-bond donors (Lipinski definition) is 19. The van der Waals surface area contributed by atoms with E-state index in [4.69, 9.17) is 33.6 Å². The highest BCUT2D eigenvalue weighted by Gasteiger charge is 2.41. The van der Waals surface area contributed by atoms with E-state index in [1.165, 1.54) is 52.1 Å². The van der Waals surface area contributed by atoms with Crippen molar-refractivity contribution in [2.45, 2.75) is 302 Å². The number of carbonyl (C=O) groups excluding carboxylic acids is 17. The number of ether oxygens (including phenoxy) is 6. The Labute approximate surface area is 853 Å². The van der Waals surface area contributed by atoms with Gasteiger partial charge in [-0.3, -0.25) is 57.4 Å². The minimum atomic E-state index is -4.49. The SMILES string of the molecule is Cc1ccc(N(C(=O)OCC(=O)N[C@@H](CCNC(=O)OC(C)(C)C)C(=O)N[C@H](C(=O)N[C@@H](CCNC(=O)OC(C)(C)C)C(=O)N[C@H]2CCNC(=O)[C@H]([C@@H](C)O)NC(=O)[C@H](CCNC(=O)OC(C)(C)C)NC(=O)[C@H](CCNC(=O)OC(C)(C)C)NC(=O)[C@H](CC(C)C)NC(=O)[C@@H](Cc3ccccc3)NC(=O)[C@H](CCNC(=O)OC(C)(C)C)NC2=O)[C@@H](C)O)c2nccc(N(C)c3ccc4c(C)n(C)nc4c3)n2)cc1S(N)(=O)=O. The number of benzene rings is 3. The average molecular weight is 2090 g/mol. The number of anilines is 4. The van der Waals surface area contributed by atoms with Gasteiger partial charge in [0, 0.05) is 82.7 Å². The van der Waals surface area contributed by atoms with E-state index in [2.05, 4.69) is 100 Å². The van der Waals surface area contributed by atoms with Crippen molar-refractivity contribution in [1.29, 1.82) is 0 Å². The maximum atomic E-state index is 15.6. The minimum absolute atomic E-state index is 0.160. The molecule has 51 heteroatoms. The summed E-state index contributed by atoms with van der Waals surface area (Å²) in [5.41, 5.74) is -2.84. The first-order valence-electron chi connectivity index (χ1n) is 47.9. The summed E-state index contributed by atoms with van der Waals surface area (Å²) < 4.78 is 60.4. The third-order valence-electron chi connectivity index (χ3n) is 21.4. The van der Waals surface area contributed by atoms with Crippen molar-refractivity contribution in [1.82, 2.24) is 105 Å². The first-order chi connectivity index (χ1) is 68.2. The fourth-order valence-corrected chi connectivity index (χ4v) is 15.1. The van der Waals surface area contributed by atoms with Gasteiger partial charge >= 0.3 is 36.6 Å². The van der Waals surface area contributed by atoms with Crippen LogP contribution in [0.5, 0.6) is 0 Å². The van der Waals surface area contributed by atoms with Crippen LogP contribution in [-0.2, 0) is 105 Å². The monoisotopic (exact) mass is 2080 g/mol. The fourth-order valence-electron chi connectivity index (χ4n) is 14.3. The summed E-state index contributed by atoms with van der Waals surface area (Å²) in [5.74, 6) is -14.0. The Balaban J connectivity index is 1.45. The number of carbonyl (C=O) groups is 17. The summed E-state index contributed by atoms with van der Waals surface area (Å²) in [6, 6.07) is -0.0390. The van der Waals surface area contributed by atoms with Gasteiger partial charge in [0.05, 0.1) is 28.3 Å². The van der Waals surface area contributed by atoms with Crippen LogP contribution in [0, 0.1) is 19.8 Å². The van der Waals surface area contributed by atoms with Crippen LogP contribution in [0.15, 0.2) is 83.9 Å². The van der Waals surface area contributed by atoms with E-state index in [0.717, 1.165) is 35.9 Å². The van der Waals surface area contributed by atoms with Gasteiger partial charge in [-0.25, -0.2) is 52.2 Å². The number of aliphatic hydroxyl groups excluding tert-OH is 2. The summed E-state index contributed by atoms with van der Waals surface area (Å²) in [6.07, 6.45) is -12.9. The number of alkyl carbamates (subject to hydrolysis) is 5. The molecule has 0 bridgehead atoms. The Hall–Kier alpha value is -14.4. The van der Waals surface area contributed by atoms with Crippen molar-refractivity contribution in [2.24, 2.45) is 18.1 Å². The molecule has 0 aliphatic carbocycles. The molecule has 50 nitrogen and oxygen atoms in total. The number of fused-ring (bicyclic) bond motifs is 1. The predicted molar refractivity (Wildman–Crippen MR) is 536 cm³/mol. The Morgan fingerprint density at radius 2 is 0.980 bits per heavy atom. The second kappa shape index (κ2) is 54.2. The Morgan fingerprint density at radius 1 is 0.531 bits per heavy atom. The van der Waals surface area contributed by atoms with Crippen LogP contribution in [0.1, 0.15) is 193 Å². The molecule has 1 aliphatic rings. The van der Waals surface area contributed by atoms with Gasteiger partial charge in [0.2, 0.25) is 75.0 Å². The molecule has 3 heterocycles. The Bertz CT molecular complexity index is 5590. The number of rotatable bonds is 35. The van der Waals surface area contributed by atoms with Crippen LogP contribution in [0.25, 0.3) is 10.9 Å². The van der Waals surface area contributed by atoms with Gasteiger partial charge in [0.25, 0.3) is 5.91 Å². The normalized spacial score (nSPS) is 18.3. The van der Waals surface area contributed by atoms with Gasteiger partial charge in [-0.15, -0.1) is 0 Å². The van der Waals surface area contributed by atoms with Crippen LogP contribution >= 0.6 is 0 Å². The van der Waals surface area contributed by atoms with E-state index in [9.17, 15) is 71.4 Å². The van der Waals surface area contributed by atoms with Gasteiger partial charge < -0.3 is 129 Å². The maximum absolute atomic E-state index is 15.6. The van der Waals surface area contributed by atoms with Crippen LogP contribution in [-0.4, -0.2) is 293 Å². The highest BCUT2D eigenvalue weighted by atomic mass is 32.2. The molecule has 12 atom stereocenters. The molecule has 1 aliphatic heterocycles. The molecule has 0 spiro atoms. The molecular weight excluding hydrogens is 1940 g/mol. The Morgan fingerprint density at radius 3 is 1.46 bits per heavy atom. The molecule has 20 N–H and O–H groups in total. The summed E-state index contributed by atoms with van der Waals surface area (Å²) in [5, 5.41) is 74.0. The van der Waals surface area contributed by atoms with E-state index in [0.29, 0.717) is 16.8 Å². The topological polar surface area (TPSA) is 689 Å². The molecule has 17 amide bonds. The molecule has 1 fully saturated rings. The van der Waals surface area contributed by atoms with Crippen LogP contribution in [0.2, 0.25) is 0 Å². The second-order valence-electron chi connectivity index (χ2n) is 40.6. The molecule has 0 saturated carbocycles. The first kappa shape index (κ1) is 121. The van der Waals surface area contributed by atoms with Gasteiger partial charge in [-0.2, -0.15) is 10.1 Å². The van der Waals surface area contributed by atoms with Crippen molar-refractivity contribution in [3.63, 3.8) is 0 Å². The lowest BCUT2D eigenvalue weighted by Gasteiger charge is -2.29. The third kappa shape index (κ3) is 41.9. The summed E-state index contributed by atoms with van der Waals surface area (Å²) in [7, 11) is -1.05. The zero-order valence-corrected chi connectivity index (χ0v) is 88.2. The molecule has 147 heavy (non-hydrogen) atoms. The van der Waals surface area contributed by atoms with Crippen LogP contribution < -0.4 is 100 Å². The van der Waals surface area contributed by atoms with Crippen molar-refractivity contribution < 1.29 is 129 Å². The van der Waals surface area contributed by atoms with Gasteiger partial charge in [-0.05, 0) is 230 Å². The number of nitrogens with one attached hydrogen (secondary N) is 16. The highest BCUT2D eigenvalue weighted by molar-refractivity contribution is 7.89. The molecule has 3 aromatic carbocycles. The van der Waals surface area contributed by atoms with Crippen LogP contribution in [0.3, 0.4) is 0 Å². The third-order valence-corrected chi connectivity index (χ3v) is 22.4. The smallest absolute Gasteiger partial charge is 0.421 e. The lowest BCUT2D eigenvalue weighted by atomic mass is 10.00. The predicted octanol–water partition coefficient (Wildman–Crippen LogP) is 2.66. The fraction of sp³-hybridized carbons (Fsp3) is 0.583. The van der Waals surface area contributed by atoms with E-state index in [-0.39, 0.29) is 36.5 Å². The zero-order chi connectivity index (χ0) is 110. The molecule has 1 saturated heterocycles. The number of aryl methyl sites for hydroxylation is 3. The van der Waals surface area contributed by atoms with Crippen molar-refractivity contribution >= 4 is 146 Å². The number of amides is 17. The van der Waals surface area contributed by atoms with E-state index >= 15 is 28.8 Å². The highest BCUT2D eigenvalue weighted by Crippen LogP contribution is 2.32. The number of sulfonamides is 1. The quantitative estimate of drug-likeness (QED) is 0.0259. The van der Waals surface area contributed by atoms with E-state index < -0.39 is 307 Å². The lowest BCUT2D eigenvalue weighted by molar-refractivity contribution is -0.137. The second-order valence-corrected chi connectivity index (χ2v) is 42.1. The summed E-state index contributed by atoms with van der Waals surface area (Å²) in [4.78, 5) is 257. The van der Waals surface area contributed by atoms with E-state index in [1.807, 2.05) is 13.0 Å². The maximum Gasteiger partial charge on any atom is 0.421 e.